The van der Waals surface area contributed by atoms with Crippen molar-refractivity contribution < 1.29 is 9.47 Å². The molecule has 0 atom stereocenters. The smallest absolute Gasteiger partial charge is 0.247 e. The minimum atomic E-state index is 0.517. The predicted molar refractivity (Wildman–Crippen MR) is 108 cm³/mol. The van der Waals surface area contributed by atoms with Gasteiger partial charge in [0.1, 0.15) is 18.1 Å². The Bertz CT molecular complexity index is 917. The highest BCUT2D eigenvalue weighted by Gasteiger charge is 2.18. The number of nitrogens with zero attached hydrogens (tertiary/aromatic N) is 4. The van der Waals surface area contributed by atoms with Gasteiger partial charge in [-0.2, -0.15) is 10.1 Å². The number of anilines is 2. The lowest BCUT2D eigenvalue weighted by Crippen LogP contribution is -2.32. The molecule has 0 bridgehead atoms. The van der Waals surface area contributed by atoms with Crippen LogP contribution in [0.1, 0.15) is 11.1 Å². The second-order valence-corrected chi connectivity index (χ2v) is 6.53. The minimum Gasteiger partial charge on any atom is -0.497 e. The average molecular weight is 377 g/mol. The zero-order chi connectivity index (χ0) is 19.2. The van der Waals surface area contributed by atoms with E-state index in [1.54, 1.807) is 13.3 Å². The molecule has 0 aliphatic carbocycles. The number of fused-ring (bicyclic) bond motifs is 1. The molecule has 3 aromatic rings. The Morgan fingerprint density at radius 1 is 1.04 bits per heavy atom. The van der Waals surface area contributed by atoms with Gasteiger partial charge in [0, 0.05) is 13.1 Å². The molecule has 1 N–H and O–H groups in total. The molecule has 0 saturated carbocycles. The first kappa shape index (κ1) is 18.0. The third kappa shape index (κ3) is 4.31. The molecule has 2 heterocycles. The Morgan fingerprint density at radius 2 is 1.82 bits per heavy atom. The highest BCUT2D eigenvalue weighted by atomic mass is 16.5. The van der Waals surface area contributed by atoms with Crippen molar-refractivity contribution in [3.63, 3.8) is 0 Å². The molecule has 0 radical (unpaired) electrons. The van der Waals surface area contributed by atoms with Crippen LogP contribution in [0.5, 0.6) is 11.5 Å². The summed E-state index contributed by atoms with van der Waals surface area (Å²) in [7, 11) is 1.65. The van der Waals surface area contributed by atoms with Crippen molar-refractivity contribution in [1.29, 1.82) is 0 Å². The molecule has 1 aliphatic rings. The van der Waals surface area contributed by atoms with Crippen molar-refractivity contribution in [1.82, 2.24) is 15.2 Å². The number of hydrogen-bond acceptors (Lipinski definition) is 7. The Kier molecular flexibility index (Phi) is 5.51. The number of ether oxygens (including phenoxy) is 2. The highest BCUT2D eigenvalue weighted by molar-refractivity contribution is 5.43. The monoisotopic (exact) mass is 377 g/mol. The minimum absolute atomic E-state index is 0.517. The van der Waals surface area contributed by atoms with Gasteiger partial charge in [0.2, 0.25) is 5.95 Å². The molecule has 1 aliphatic heterocycles. The molecule has 0 amide bonds. The first-order valence-electron chi connectivity index (χ1n) is 9.34. The lowest BCUT2D eigenvalue weighted by atomic mass is 10.0. The summed E-state index contributed by atoms with van der Waals surface area (Å²) >= 11 is 0. The molecule has 28 heavy (non-hydrogen) atoms. The molecule has 4 rings (SSSR count). The third-order valence-corrected chi connectivity index (χ3v) is 4.70. The first-order chi connectivity index (χ1) is 13.8. The summed E-state index contributed by atoms with van der Waals surface area (Å²) in [6.45, 7) is 2.83. The van der Waals surface area contributed by atoms with Crippen LogP contribution in [0.15, 0.2) is 54.7 Å². The van der Waals surface area contributed by atoms with Gasteiger partial charge in [-0.25, -0.2) is 0 Å². The summed E-state index contributed by atoms with van der Waals surface area (Å²) < 4.78 is 10.9. The summed E-state index contributed by atoms with van der Waals surface area (Å²) in [4.78, 5) is 6.77. The number of nitrogens with one attached hydrogen (secondary N) is 1. The largest absolute Gasteiger partial charge is 0.497 e. The number of methoxy groups -OCH3 is 1. The Balaban J connectivity index is 1.30. The van der Waals surface area contributed by atoms with Gasteiger partial charge in [-0.3, -0.25) is 0 Å². The molecule has 0 unspecified atom stereocenters. The topological polar surface area (TPSA) is 72.4 Å². The number of benzene rings is 2. The molecular formula is C21H23N5O2. The zero-order valence-electron chi connectivity index (χ0n) is 15.8. The quantitative estimate of drug-likeness (QED) is 0.635. The molecule has 7 nitrogen and oxygen atoms in total. The van der Waals surface area contributed by atoms with Gasteiger partial charge < -0.3 is 19.7 Å². The maximum Gasteiger partial charge on any atom is 0.247 e. The molecule has 0 spiro atoms. The molecule has 1 aromatic heterocycles. The highest BCUT2D eigenvalue weighted by Crippen LogP contribution is 2.22. The van der Waals surface area contributed by atoms with Gasteiger partial charge in [-0.15, -0.1) is 5.10 Å². The second-order valence-electron chi connectivity index (χ2n) is 6.53. The van der Waals surface area contributed by atoms with E-state index in [0.29, 0.717) is 24.9 Å². The van der Waals surface area contributed by atoms with Gasteiger partial charge in [-0.05, 0) is 41.8 Å². The predicted octanol–water partition coefficient (Wildman–Crippen LogP) is 2.93. The van der Waals surface area contributed by atoms with Gasteiger partial charge in [0.25, 0.3) is 0 Å². The number of rotatable bonds is 7. The van der Waals surface area contributed by atoms with E-state index in [-0.39, 0.29) is 0 Å². The summed E-state index contributed by atoms with van der Waals surface area (Å²) in [5.74, 6) is 2.96. The summed E-state index contributed by atoms with van der Waals surface area (Å²) in [6, 6.07) is 16.0. The van der Waals surface area contributed by atoms with E-state index in [0.717, 1.165) is 31.0 Å². The fraction of sp³-hybridized carbons (Fsp3) is 0.286. The van der Waals surface area contributed by atoms with E-state index in [9.17, 15) is 0 Å². The van der Waals surface area contributed by atoms with Gasteiger partial charge in [0.15, 0.2) is 5.82 Å². The van der Waals surface area contributed by atoms with Crippen LogP contribution in [0.25, 0.3) is 0 Å². The molecular weight excluding hydrogens is 354 g/mol. The van der Waals surface area contributed by atoms with Gasteiger partial charge in [-0.1, -0.05) is 24.3 Å². The fourth-order valence-electron chi connectivity index (χ4n) is 3.20. The maximum atomic E-state index is 5.72. The standard InChI is InChI=1S/C21H23N5O2/c1-27-18-6-8-19(9-7-18)28-13-11-22-20-14-23-25-21(24-20)26-12-10-16-4-2-3-5-17(16)15-26/h2-9,14H,10-13,15H2,1H3,(H,22,24,25). The van der Waals surface area contributed by atoms with E-state index in [1.807, 2.05) is 24.3 Å². The number of hydrogen-bond donors (Lipinski definition) is 1. The van der Waals surface area contributed by atoms with Crippen molar-refractivity contribution >= 4 is 11.8 Å². The van der Waals surface area contributed by atoms with E-state index in [1.165, 1.54) is 11.1 Å². The lowest BCUT2D eigenvalue weighted by molar-refractivity contribution is 0.331. The van der Waals surface area contributed by atoms with Crippen molar-refractivity contribution in [2.45, 2.75) is 13.0 Å². The molecule has 7 heteroatoms. The fourth-order valence-corrected chi connectivity index (χ4v) is 3.20. The third-order valence-electron chi connectivity index (χ3n) is 4.70. The second kappa shape index (κ2) is 8.56. The van der Waals surface area contributed by atoms with Crippen LogP contribution < -0.4 is 19.7 Å². The van der Waals surface area contributed by atoms with Crippen LogP contribution in [0.3, 0.4) is 0 Å². The first-order valence-corrected chi connectivity index (χ1v) is 9.34. The van der Waals surface area contributed by atoms with Crippen molar-refractivity contribution in [3.8, 4) is 11.5 Å². The van der Waals surface area contributed by atoms with E-state index in [2.05, 4.69) is 49.7 Å². The Hall–Kier alpha value is -3.35. The van der Waals surface area contributed by atoms with Crippen LogP contribution in [0, 0.1) is 0 Å². The van der Waals surface area contributed by atoms with Gasteiger partial charge in [0.05, 0.1) is 19.9 Å². The maximum absolute atomic E-state index is 5.72. The zero-order valence-corrected chi connectivity index (χ0v) is 15.8. The van der Waals surface area contributed by atoms with E-state index >= 15 is 0 Å². The van der Waals surface area contributed by atoms with Crippen LogP contribution >= 0.6 is 0 Å². The van der Waals surface area contributed by atoms with Crippen LogP contribution in [0.2, 0.25) is 0 Å². The normalized spacial score (nSPS) is 13.0. The molecule has 144 valence electrons. The van der Waals surface area contributed by atoms with Crippen molar-refractivity contribution in [2.24, 2.45) is 0 Å². The summed E-state index contributed by atoms with van der Waals surface area (Å²) in [5.41, 5.74) is 2.72. The van der Waals surface area contributed by atoms with Gasteiger partial charge >= 0.3 is 0 Å². The molecule has 2 aromatic carbocycles. The van der Waals surface area contributed by atoms with Crippen molar-refractivity contribution in [2.75, 3.05) is 37.0 Å². The van der Waals surface area contributed by atoms with E-state index < -0.39 is 0 Å². The lowest BCUT2D eigenvalue weighted by Gasteiger charge is -2.28. The molecule has 0 saturated heterocycles. The summed E-state index contributed by atoms with van der Waals surface area (Å²) in [5, 5.41) is 11.6. The van der Waals surface area contributed by atoms with Crippen LogP contribution in [0.4, 0.5) is 11.8 Å². The molecule has 0 fully saturated rings. The van der Waals surface area contributed by atoms with E-state index in [4.69, 9.17) is 9.47 Å². The van der Waals surface area contributed by atoms with Crippen molar-refractivity contribution in [3.05, 3.63) is 65.9 Å². The SMILES string of the molecule is COc1ccc(OCCNc2cnnc(N3CCc4ccccc4C3)n2)cc1. The average Bonchev–Trinajstić information content (AvgIpc) is 2.77. The Morgan fingerprint density at radius 3 is 2.64 bits per heavy atom. The van der Waals surface area contributed by atoms with Crippen LogP contribution in [-0.2, 0) is 13.0 Å². The van der Waals surface area contributed by atoms with Crippen LogP contribution in [-0.4, -0.2) is 42.0 Å². The summed E-state index contributed by atoms with van der Waals surface area (Å²) in [6.07, 6.45) is 2.63. The Labute approximate surface area is 164 Å². The number of aromatic nitrogens is 3.